The molecule has 0 spiro atoms. The van der Waals surface area contributed by atoms with Crippen molar-refractivity contribution in [2.45, 2.75) is 19.1 Å². The molecule has 0 radical (unpaired) electrons. The fraction of sp³-hybridized carbons (Fsp3) is 0.714. The van der Waals surface area contributed by atoms with Crippen molar-refractivity contribution in [3.8, 4) is 0 Å². The second kappa shape index (κ2) is 3.26. The Labute approximate surface area is 69.9 Å². The number of rotatable bonds is 1. The van der Waals surface area contributed by atoms with Crippen molar-refractivity contribution in [3.63, 3.8) is 0 Å². The van der Waals surface area contributed by atoms with Gasteiger partial charge in [-0.25, -0.2) is 0 Å². The highest BCUT2D eigenvalue weighted by Crippen LogP contribution is 2.22. The third-order valence-corrected chi connectivity index (χ3v) is 3.07. The highest BCUT2D eigenvalue weighted by atomic mass is 32.2. The number of carbonyl (C=O) groups is 2. The molecule has 0 aromatic heterocycles. The first-order chi connectivity index (χ1) is 5.11. The first-order valence-electron chi connectivity index (χ1n) is 3.56. The third-order valence-electron chi connectivity index (χ3n) is 1.52. The highest BCUT2D eigenvalue weighted by molar-refractivity contribution is 8.01. The summed E-state index contributed by atoms with van der Waals surface area (Å²) in [5, 5.41) is 2.26. The number of imide groups is 1. The summed E-state index contributed by atoms with van der Waals surface area (Å²) in [6.45, 7) is 3.96. The smallest absolute Gasteiger partial charge is 0.239 e. The summed E-state index contributed by atoms with van der Waals surface area (Å²) >= 11 is 1.43. The maximum Gasteiger partial charge on any atom is 0.239 e. The van der Waals surface area contributed by atoms with Crippen molar-refractivity contribution < 1.29 is 9.59 Å². The Morgan fingerprint density at radius 2 is 2.18 bits per heavy atom. The molecule has 0 aliphatic carbocycles. The molecule has 0 aromatic rings. The minimum Gasteiger partial charge on any atom is -0.295 e. The summed E-state index contributed by atoms with van der Waals surface area (Å²) in [6.07, 6.45) is 0. The molecule has 1 aliphatic rings. The van der Waals surface area contributed by atoms with Gasteiger partial charge in [0.25, 0.3) is 0 Å². The van der Waals surface area contributed by atoms with Gasteiger partial charge in [-0.1, -0.05) is 13.8 Å². The molecule has 11 heavy (non-hydrogen) atoms. The van der Waals surface area contributed by atoms with Crippen LogP contribution in [-0.2, 0) is 9.59 Å². The number of carbonyl (C=O) groups excluding carboxylic acids is 2. The van der Waals surface area contributed by atoms with Crippen LogP contribution >= 0.6 is 11.8 Å². The van der Waals surface area contributed by atoms with Crippen molar-refractivity contribution in [2.24, 2.45) is 5.92 Å². The lowest BCUT2D eigenvalue weighted by atomic mass is 10.1. The van der Waals surface area contributed by atoms with E-state index in [4.69, 9.17) is 0 Å². The van der Waals surface area contributed by atoms with Gasteiger partial charge in [-0.3, -0.25) is 14.9 Å². The summed E-state index contributed by atoms with van der Waals surface area (Å²) in [5.41, 5.74) is 0. The zero-order valence-corrected chi connectivity index (χ0v) is 7.40. The van der Waals surface area contributed by atoms with Crippen LogP contribution in [-0.4, -0.2) is 22.8 Å². The normalized spacial score (nSPS) is 25.5. The third kappa shape index (κ3) is 1.96. The van der Waals surface area contributed by atoms with Gasteiger partial charge in [-0.2, -0.15) is 0 Å². The van der Waals surface area contributed by atoms with Crippen LogP contribution in [0.25, 0.3) is 0 Å². The largest absolute Gasteiger partial charge is 0.295 e. The Bertz CT molecular complexity index is 191. The quantitative estimate of drug-likeness (QED) is 0.584. The molecule has 62 valence electrons. The molecule has 1 heterocycles. The Morgan fingerprint density at radius 1 is 1.55 bits per heavy atom. The van der Waals surface area contributed by atoms with E-state index in [1.54, 1.807) is 0 Å². The van der Waals surface area contributed by atoms with E-state index in [9.17, 15) is 9.59 Å². The van der Waals surface area contributed by atoms with Crippen LogP contribution in [0.2, 0.25) is 0 Å². The van der Waals surface area contributed by atoms with Gasteiger partial charge in [0, 0.05) is 0 Å². The molecule has 3 nitrogen and oxygen atoms in total. The first kappa shape index (κ1) is 8.59. The fourth-order valence-electron chi connectivity index (χ4n) is 0.981. The minimum atomic E-state index is -0.170. The number of thioether (sulfide) groups is 1. The maximum atomic E-state index is 11.1. The molecular weight excluding hydrogens is 162 g/mol. The lowest BCUT2D eigenvalue weighted by molar-refractivity contribution is -0.129. The molecule has 1 fully saturated rings. The molecule has 1 aliphatic heterocycles. The molecule has 0 bridgehead atoms. The lowest BCUT2D eigenvalue weighted by Crippen LogP contribution is -2.45. The van der Waals surface area contributed by atoms with Crippen LogP contribution < -0.4 is 5.32 Å². The van der Waals surface area contributed by atoms with Gasteiger partial charge in [-0.05, 0) is 5.92 Å². The monoisotopic (exact) mass is 173 g/mol. The van der Waals surface area contributed by atoms with Crippen LogP contribution in [0, 0.1) is 5.92 Å². The van der Waals surface area contributed by atoms with Crippen molar-refractivity contribution in [2.75, 3.05) is 5.75 Å². The molecular formula is C7H11NO2S. The van der Waals surface area contributed by atoms with Crippen molar-refractivity contribution in [1.82, 2.24) is 5.32 Å². The second-order valence-corrected chi connectivity index (χ2v) is 4.02. The van der Waals surface area contributed by atoms with Gasteiger partial charge in [0.2, 0.25) is 11.8 Å². The molecule has 1 N–H and O–H groups in total. The Balaban J connectivity index is 2.57. The fourth-order valence-corrected chi connectivity index (χ4v) is 1.98. The molecule has 2 amide bonds. The summed E-state index contributed by atoms with van der Waals surface area (Å²) in [4.78, 5) is 21.8. The zero-order valence-electron chi connectivity index (χ0n) is 6.59. The molecule has 0 saturated carbocycles. The number of amides is 2. The van der Waals surface area contributed by atoms with Gasteiger partial charge < -0.3 is 0 Å². The van der Waals surface area contributed by atoms with Gasteiger partial charge in [-0.15, -0.1) is 11.8 Å². The van der Waals surface area contributed by atoms with E-state index in [-0.39, 0.29) is 17.1 Å². The van der Waals surface area contributed by atoms with Gasteiger partial charge >= 0.3 is 0 Å². The average molecular weight is 173 g/mol. The predicted molar refractivity (Wildman–Crippen MR) is 44.2 cm³/mol. The minimum absolute atomic E-state index is 0.0484. The van der Waals surface area contributed by atoms with E-state index in [1.807, 2.05) is 13.8 Å². The van der Waals surface area contributed by atoms with E-state index < -0.39 is 0 Å². The van der Waals surface area contributed by atoms with Crippen LogP contribution in [0.1, 0.15) is 13.8 Å². The Morgan fingerprint density at radius 3 is 2.64 bits per heavy atom. The summed E-state index contributed by atoms with van der Waals surface area (Å²) < 4.78 is 0. The summed E-state index contributed by atoms with van der Waals surface area (Å²) in [6, 6.07) is 0. The van der Waals surface area contributed by atoms with Crippen LogP contribution in [0.15, 0.2) is 0 Å². The number of nitrogens with one attached hydrogen (secondary N) is 1. The molecule has 1 atom stereocenters. The standard InChI is InChI=1S/C7H11NO2S/c1-4(2)6-7(10)8-5(9)3-11-6/h4,6H,3H2,1-2H3,(H,8,9,10)/t6-/m0/s1. The van der Waals surface area contributed by atoms with Gasteiger partial charge in [0.1, 0.15) is 0 Å². The average Bonchev–Trinajstić information content (AvgIpc) is 1.85. The van der Waals surface area contributed by atoms with E-state index >= 15 is 0 Å². The maximum absolute atomic E-state index is 11.1. The highest BCUT2D eigenvalue weighted by Gasteiger charge is 2.29. The molecule has 0 aromatic carbocycles. The van der Waals surface area contributed by atoms with Gasteiger partial charge in [0.15, 0.2) is 0 Å². The Kier molecular flexibility index (Phi) is 2.54. The van der Waals surface area contributed by atoms with E-state index in [0.717, 1.165) is 0 Å². The van der Waals surface area contributed by atoms with E-state index in [1.165, 1.54) is 11.8 Å². The van der Waals surface area contributed by atoms with Crippen molar-refractivity contribution in [1.29, 1.82) is 0 Å². The zero-order chi connectivity index (χ0) is 8.43. The number of hydrogen-bond donors (Lipinski definition) is 1. The second-order valence-electron chi connectivity index (χ2n) is 2.89. The van der Waals surface area contributed by atoms with Crippen LogP contribution in [0.4, 0.5) is 0 Å². The lowest BCUT2D eigenvalue weighted by Gasteiger charge is -2.22. The van der Waals surface area contributed by atoms with E-state index in [2.05, 4.69) is 5.32 Å². The SMILES string of the molecule is CC(C)[C@@H]1SCC(=O)NC1=O. The van der Waals surface area contributed by atoms with E-state index in [0.29, 0.717) is 11.7 Å². The summed E-state index contributed by atoms with van der Waals surface area (Å²) in [5.74, 6) is 0.403. The number of hydrogen-bond acceptors (Lipinski definition) is 3. The summed E-state index contributed by atoms with van der Waals surface area (Å²) in [7, 11) is 0. The van der Waals surface area contributed by atoms with Crippen molar-refractivity contribution in [3.05, 3.63) is 0 Å². The van der Waals surface area contributed by atoms with Crippen molar-refractivity contribution >= 4 is 23.6 Å². The first-order valence-corrected chi connectivity index (χ1v) is 4.61. The van der Waals surface area contributed by atoms with Gasteiger partial charge in [0.05, 0.1) is 11.0 Å². The Hall–Kier alpha value is -0.510. The molecule has 1 saturated heterocycles. The van der Waals surface area contributed by atoms with Crippen LogP contribution in [0.5, 0.6) is 0 Å². The predicted octanol–water partition coefficient (Wildman–Crippen LogP) is 0.401. The topological polar surface area (TPSA) is 46.2 Å². The molecule has 0 unspecified atom stereocenters. The molecule has 1 rings (SSSR count). The van der Waals surface area contributed by atoms with Crippen LogP contribution in [0.3, 0.4) is 0 Å². The molecule has 4 heteroatoms.